The monoisotopic (exact) mass is 400 g/mol. The SMILES string of the molecule is CCN(C)c1ccc(C(=C2C=CC(=[N+](C)C)C=C2)c2ccc(N(C)CC)cc2)cc1. The lowest BCUT2D eigenvalue weighted by atomic mass is 9.90. The van der Waals surface area contributed by atoms with E-state index in [1.807, 2.05) is 0 Å². The average Bonchev–Trinajstić information content (AvgIpc) is 2.79. The largest absolute Gasteiger partial charge is 0.375 e. The molecule has 2 aromatic rings. The van der Waals surface area contributed by atoms with Gasteiger partial charge < -0.3 is 9.80 Å². The number of nitrogens with zero attached hydrogens (tertiary/aromatic N) is 3. The second-order valence-electron chi connectivity index (χ2n) is 7.94. The lowest BCUT2D eigenvalue weighted by Gasteiger charge is -2.20. The van der Waals surface area contributed by atoms with Gasteiger partial charge >= 0.3 is 0 Å². The van der Waals surface area contributed by atoms with Gasteiger partial charge in [-0.15, -0.1) is 0 Å². The predicted molar refractivity (Wildman–Crippen MR) is 132 cm³/mol. The Morgan fingerprint density at radius 3 is 1.40 bits per heavy atom. The summed E-state index contributed by atoms with van der Waals surface area (Å²) in [6.45, 7) is 6.34. The number of benzene rings is 2. The molecule has 0 saturated carbocycles. The molecule has 0 bridgehead atoms. The lowest BCUT2D eigenvalue weighted by Crippen LogP contribution is -2.15. The van der Waals surface area contributed by atoms with Crippen LogP contribution in [0.25, 0.3) is 5.57 Å². The van der Waals surface area contributed by atoms with Crippen molar-refractivity contribution >= 4 is 22.7 Å². The van der Waals surface area contributed by atoms with E-state index in [2.05, 4.69) is 129 Å². The summed E-state index contributed by atoms with van der Waals surface area (Å²) in [4.78, 5) is 4.51. The second-order valence-corrected chi connectivity index (χ2v) is 7.94. The van der Waals surface area contributed by atoms with Gasteiger partial charge in [-0.1, -0.05) is 24.3 Å². The first-order valence-electron chi connectivity index (χ1n) is 10.7. The van der Waals surface area contributed by atoms with E-state index < -0.39 is 0 Å². The molecule has 0 aromatic heterocycles. The molecule has 0 radical (unpaired) electrons. The maximum absolute atomic E-state index is 2.25. The number of hydrogen-bond donors (Lipinski definition) is 0. The third-order valence-corrected chi connectivity index (χ3v) is 5.81. The zero-order valence-electron chi connectivity index (χ0n) is 19.2. The molecule has 3 heteroatoms. The molecule has 3 nitrogen and oxygen atoms in total. The van der Waals surface area contributed by atoms with E-state index in [4.69, 9.17) is 0 Å². The van der Waals surface area contributed by atoms with E-state index in [1.165, 1.54) is 39.4 Å². The van der Waals surface area contributed by atoms with Crippen LogP contribution in [0.1, 0.15) is 25.0 Å². The summed E-state index contributed by atoms with van der Waals surface area (Å²) >= 11 is 0. The van der Waals surface area contributed by atoms with Crippen LogP contribution < -0.4 is 9.80 Å². The van der Waals surface area contributed by atoms with Crippen molar-refractivity contribution in [2.75, 3.05) is 51.1 Å². The third kappa shape index (κ3) is 4.73. The molecule has 0 heterocycles. The molecule has 0 fully saturated rings. The highest BCUT2D eigenvalue weighted by atomic mass is 15.1. The van der Waals surface area contributed by atoms with Crippen LogP contribution in [0.3, 0.4) is 0 Å². The highest BCUT2D eigenvalue weighted by Gasteiger charge is 2.14. The van der Waals surface area contributed by atoms with Crippen LogP contribution in [0.2, 0.25) is 0 Å². The van der Waals surface area contributed by atoms with Gasteiger partial charge in [0.25, 0.3) is 0 Å². The van der Waals surface area contributed by atoms with Crippen LogP contribution in [0.15, 0.2) is 78.4 Å². The van der Waals surface area contributed by atoms with Crippen molar-refractivity contribution in [3.05, 3.63) is 89.5 Å². The molecule has 0 spiro atoms. The predicted octanol–water partition coefficient (Wildman–Crippen LogP) is 5.24. The number of anilines is 2. The van der Waals surface area contributed by atoms with Crippen molar-refractivity contribution in [3.63, 3.8) is 0 Å². The molecule has 1 aliphatic rings. The molecule has 0 aliphatic heterocycles. The molecule has 1 aliphatic carbocycles. The molecule has 0 unspecified atom stereocenters. The van der Waals surface area contributed by atoms with E-state index in [0.29, 0.717) is 0 Å². The molecule has 0 amide bonds. The summed E-state index contributed by atoms with van der Waals surface area (Å²) in [6.07, 6.45) is 8.83. The number of allylic oxidation sites excluding steroid dienone is 5. The van der Waals surface area contributed by atoms with Crippen molar-refractivity contribution in [1.82, 2.24) is 0 Å². The van der Waals surface area contributed by atoms with Gasteiger partial charge in [-0.2, -0.15) is 0 Å². The van der Waals surface area contributed by atoms with E-state index in [1.54, 1.807) is 0 Å². The van der Waals surface area contributed by atoms with Crippen molar-refractivity contribution in [1.29, 1.82) is 0 Å². The first-order chi connectivity index (χ1) is 14.4. The summed E-state index contributed by atoms with van der Waals surface area (Å²) in [7, 11) is 8.40. The van der Waals surface area contributed by atoms with E-state index in [9.17, 15) is 0 Å². The van der Waals surface area contributed by atoms with Crippen LogP contribution >= 0.6 is 0 Å². The van der Waals surface area contributed by atoms with Crippen molar-refractivity contribution in [2.45, 2.75) is 13.8 Å². The Morgan fingerprint density at radius 1 is 0.667 bits per heavy atom. The van der Waals surface area contributed by atoms with Gasteiger partial charge in [0.2, 0.25) is 0 Å². The minimum atomic E-state index is 0.994. The molecule has 0 atom stereocenters. The first kappa shape index (κ1) is 21.6. The normalized spacial score (nSPS) is 12.9. The van der Waals surface area contributed by atoms with Crippen molar-refractivity contribution < 1.29 is 4.58 Å². The Balaban J connectivity index is 2.09. The fraction of sp³-hybridized carbons (Fsp3) is 0.296. The molecule has 0 saturated heterocycles. The van der Waals surface area contributed by atoms with Gasteiger partial charge in [-0.05, 0) is 72.5 Å². The number of hydrogen-bond acceptors (Lipinski definition) is 2. The summed E-state index contributed by atoms with van der Waals surface area (Å²) in [5.41, 5.74) is 8.64. The van der Waals surface area contributed by atoms with Gasteiger partial charge in [0, 0.05) is 50.7 Å². The van der Waals surface area contributed by atoms with Crippen LogP contribution in [-0.2, 0) is 0 Å². The highest BCUT2D eigenvalue weighted by Crippen LogP contribution is 2.32. The van der Waals surface area contributed by atoms with Gasteiger partial charge in [-0.3, -0.25) is 0 Å². The lowest BCUT2D eigenvalue weighted by molar-refractivity contribution is -0.462. The van der Waals surface area contributed by atoms with Gasteiger partial charge in [0.05, 0.1) is 0 Å². The zero-order valence-corrected chi connectivity index (χ0v) is 19.2. The fourth-order valence-corrected chi connectivity index (χ4v) is 3.56. The second kappa shape index (κ2) is 9.62. The average molecular weight is 401 g/mol. The fourth-order valence-electron chi connectivity index (χ4n) is 3.56. The minimum absolute atomic E-state index is 0.994. The molecule has 156 valence electrons. The molecule has 30 heavy (non-hydrogen) atoms. The third-order valence-electron chi connectivity index (χ3n) is 5.81. The Bertz CT molecular complexity index is 912. The smallest absolute Gasteiger partial charge is 0.199 e. The molecular weight excluding hydrogens is 366 g/mol. The Morgan fingerprint density at radius 2 is 1.07 bits per heavy atom. The van der Waals surface area contributed by atoms with Crippen LogP contribution in [0, 0.1) is 0 Å². The van der Waals surface area contributed by atoms with Crippen LogP contribution in [0.4, 0.5) is 11.4 Å². The highest BCUT2D eigenvalue weighted by molar-refractivity contribution is 6.04. The Kier molecular flexibility index (Phi) is 6.94. The van der Waals surface area contributed by atoms with Crippen molar-refractivity contribution in [3.8, 4) is 0 Å². The molecular formula is C27H34N3+. The van der Waals surface area contributed by atoms with Crippen LogP contribution in [-0.4, -0.2) is 51.6 Å². The summed E-state index contributed by atoms with van der Waals surface area (Å²) in [5, 5.41) is 0. The topological polar surface area (TPSA) is 9.49 Å². The summed E-state index contributed by atoms with van der Waals surface area (Å²) in [5.74, 6) is 0. The summed E-state index contributed by atoms with van der Waals surface area (Å²) < 4.78 is 2.13. The zero-order chi connectivity index (χ0) is 21.7. The quantitative estimate of drug-likeness (QED) is 0.614. The van der Waals surface area contributed by atoms with E-state index in [0.717, 1.165) is 13.1 Å². The Hall–Kier alpha value is -3.07. The van der Waals surface area contributed by atoms with Gasteiger partial charge in [0.15, 0.2) is 5.71 Å². The Labute approximate surface area is 182 Å². The first-order valence-corrected chi connectivity index (χ1v) is 10.7. The molecule has 3 rings (SSSR count). The number of rotatable bonds is 6. The van der Waals surface area contributed by atoms with Gasteiger partial charge in [0.1, 0.15) is 14.1 Å². The van der Waals surface area contributed by atoms with E-state index in [-0.39, 0.29) is 0 Å². The summed E-state index contributed by atoms with van der Waals surface area (Å²) in [6, 6.07) is 17.8. The molecule has 0 N–H and O–H groups in total. The van der Waals surface area contributed by atoms with Crippen LogP contribution in [0.5, 0.6) is 0 Å². The minimum Gasteiger partial charge on any atom is -0.375 e. The maximum Gasteiger partial charge on any atom is 0.199 e. The van der Waals surface area contributed by atoms with E-state index >= 15 is 0 Å². The standard InChI is InChI=1S/C27H34N3/c1-7-29(5)25-17-11-22(12-18-25)27(21-9-15-24(16-10-21)28(3)4)23-13-19-26(20-14-23)30(6)8-2/h9-20H,7-8H2,1-6H3/q+1. The maximum atomic E-state index is 2.25. The van der Waals surface area contributed by atoms with Crippen molar-refractivity contribution in [2.24, 2.45) is 0 Å². The molecule has 2 aromatic carbocycles. The van der Waals surface area contributed by atoms with Gasteiger partial charge in [-0.25, -0.2) is 4.58 Å².